The highest BCUT2D eigenvalue weighted by Crippen LogP contribution is 1.43. The second kappa shape index (κ2) is 4.49. The van der Waals surface area contributed by atoms with Crippen molar-refractivity contribution in [2.24, 2.45) is 5.73 Å². The van der Waals surface area contributed by atoms with E-state index in [0.717, 1.165) is 0 Å². The summed E-state index contributed by atoms with van der Waals surface area (Å²) >= 11 is 0. The zero-order chi connectivity index (χ0) is 4.28. The Morgan fingerprint density at radius 2 is 2.00 bits per heavy atom. The molecule has 0 aliphatic heterocycles. The Morgan fingerprint density at radius 3 is 2.00 bits per heavy atom. The molecule has 6 heavy (non-hydrogen) atoms. The van der Waals surface area contributed by atoms with Gasteiger partial charge in [-0.1, -0.05) is 0 Å². The van der Waals surface area contributed by atoms with E-state index in [9.17, 15) is 4.79 Å². The Hall–Kier alpha value is -0.505. The molecule has 0 atom stereocenters. The highest BCUT2D eigenvalue weighted by atomic mass is 16.4. The van der Waals surface area contributed by atoms with Crippen LogP contribution in [0.4, 0.5) is 0 Å². The number of carboxylic acid groups (broad SMARTS) is 1. The van der Waals surface area contributed by atoms with Crippen molar-refractivity contribution in [1.82, 2.24) is 0 Å². The molecule has 3 nitrogen and oxygen atoms in total. The lowest BCUT2D eigenvalue weighted by atomic mass is 10.7. The van der Waals surface area contributed by atoms with Crippen molar-refractivity contribution in [2.75, 3.05) is 6.54 Å². The van der Waals surface area contributed by atoms with E-state index in [2.05, 4.69) is 5.73 Å². The quantitative estimate of drug-likeness (QED) is 0.387. The summed E-state index contributed by atoms with van der Waals surface area (Å²) in [4.78, 5) is 9.24. The van der Waals surface area contributed by atoms with Crippen molar-refractivity contribution in [3.8, 4) is 0 Å². The van der Waals surface area contributed by atoms with Crippen LogP contribution in [-0.4, -0.2) is 26.0 Å². The summed E-state index contributed by atoms with van der Waals surface area (Å²) in [6, 6.07) is 0. The van der Waals surface area contributed by atoms with Crippen molar-refractivity contribution < 1.29 is 9.90 Å². The number of hydrogen-bond acceptors (Lipinski definition) is 2. The Labute approximate surface area is 37.7 Å². The summed E-state index contributed by atoms with van der Waals surface area (Å²) in [5.74, 6) is -0.968. The van der Waals surface area contributed by atoms with E-state index >= 15 is 0 Å². The molecule has 0 bridgehead atoms. The summed E-state index contributed by atoms with van der Waals surface area (Å²) in [7, 11) is 0. The molecule has 0 saturated heterocycles. The fourth-order valence-corrected chi connectivity index (χ4v) is 0. The van der Waals surface area contributed by atoms with E-state index in [1.807, 2.05) is 0 Å². The average molecular weight is 85.9 g/mol. The van der Waals surface area contributed by atoms with Gasteiger partial charge in [0.1, 0.15) is 0 Å². The van der Waals surface area contributed by atoms with Crippen LogP contribution < -0.4 is 5.73 Å². The third-order valence-electron chi connectivity index (χ3n) is 0.175. The number of rotatable bonds is 1. The third kappa shape index (κ3) is 9.73. The molecule has 0 aromatic rings. The highest BCUT2D eigenvalue weighted by Gasteiger charge is 1.81. The standard InChI is InChI=1S/C2H5NO2.B/c3-1-2(4)5;/h1,3H2,(H,4,5);. The maximum Gasteiger partial charge on any atom is 0.317 e. The molecule has 3 radical (unpaired) electrons. The molecule has 0 saturated carbocycles. The molecular formula is C2H5BNO2. The zero-order valence-corrected chi connectivity index (χ0v) is 3.22. The molecule has 3 N–H and O–H groups in total. The lowest BCUT2D eigenvalue weighted by Crippen LogP contribution is -2.10. The van der Waals surface area contributed by atoms with Crippen molar-refractivity contribution in [1.29, 1.82) is 0 Å². The number of carbonyl (C=O) groups is 1. The summed E-state index contributed by atoms with van der Waals surface area (Å²) in [5, 5.41) is 7.60. The molecule has 0 aliphatic rings. The molecule has 0 aliphatic carbocycles. The molecule has 0 unspecified atom stereocenters. The van der Waals surface area contributed by atoms with Crippen LogP contribution in [0.1, 0.15) is 0 Å². The molecule has 0 aromatic heterocycles. The van der Waals surface area contributed by atoms with Crippen LogP contribution in [0.25, 0.3) is 0 Å². The van der Waals surface area contributed by atoms with Gasteiger partial charge in [0, 0.05) is 8.41 Å². The van der Waals surface area contributed by atoms with Crippen LogP contribution >= 0.6 is 0 Å². The van der Waals surface area contributed by atoms with Gasteiger partial charge >= 0.3 is 5.97 Å². The molecule has 0 aromatic carbocycles. The maximum atomic E-state index is 9.24. The highest BCUT2D eigenvalue weighted by molar-refractivity contribution is 5.75. The van der Waals surface area contributed by atoms with Crippen LogP contribution in [0.3, 0.4) is 0 Å². The molecule has 0 rings (SSSR count). The number of aliphatic carboxylic acids is 1. The Balaban J connectivity index is 0. The first-order valence-corrected chi connectivity index (χ1v) is 1.19. The summed E-state index contributed by atoms with van der Waals surface area (Å²) in [6.45, 7) is -0.278. The van der Waals surface area contributed by atoms with Gasteiger partial charge in [0.2, 0.25) is 0 Å². The average Bonchev–Trinajstić information content (AvgIpc) is 1.38. The van der Waals surface area contributed by atoms with Gasteiger partial charge in [0.15, 0.2) is 0 Å². The smallest absolute Gasteiger partial charge is 0.317 e. The first kappa shape index (κ1) is 9.09. The molecule has 33 valence electrons. The van der Waals surface area contributed by atoms with Gasteiger partial charge in [-0.2, -0.15) is 0 Å². The van der Waals surface area contributed by atoms with E-state index in [1.54, 1.807) is 0 Å². The first-order chi connectivity index (χ1) is 2.27. The monoisotopic (exact) mass is 86.0 g/mol. The number of hydrogen-bond donors (Lipinski definition) is 2. The van der Waals surface area contributed by atoms with Crippen LogP contribution in [0.5, 0.6) is 0 Å². The molecular weight excluding hydrogens is 80.8 g/mol. The second-order valence-corrected chi connectivity index (χ2v) is 0.598. The minimum Gasteiger partial charge on any atom is -0.480 e. The third-order valence-corrected chi connectivity index (χ3v) is 0.175. The van der Waals surface area contributed by atoms with E-state index in [4.69, 9.17) is 5.11 Å². The van der Waals surface area contributed by atoms with Gasteiger partial charge < -0.3 is 10.8 Å². The van der Waals surface area contributed by atoms with Gasteiger partial charge in [-0.3, -0.25) is 4.79 Å². The predicted molar refractivity (Wildman–Crippen MR) is 22.4 cm³/mol. The molecule has 4 heteroatoms. The van der Waals surface area contributed by atoms with Gasteiger partial charge in [-0.05, 0) is 0 Å². The second-order valence-electron chi connectivity index (χ2n) is 0.598. The minimum atomic E-state index is -0.968. The van der Waals surface area contributed by atoms with E-state index in [-0.39, 0.29) is 15.0 Å². The largest absolute Gasteiger partial charge is 0.480 e. The Morgan fingerprint density at radius 1 is 1.83 bits per heavy atom. The SMILES string of the molecule is NCC(=O)O.[B]. The molecule has 0 amide bonds. The van der Waals surface area contributed by atoms with E-state index in [1.165, 1.54) is 0 Å². The van der Waals surface area contributed by atoms with E-state index < -0.39 is 5.97 Å². The number of nitrogens with two attached hydrogens (primary N) is 1. The van der Waals surface area contributed by atoms with Gasteiger partial charge in [-0.25, -0.2) is 0 Å². The predicted octanol–water partition coefficient (Wildman–Crippen LogP) is -1.35. The maximum absolute atomic E-state index is 9.24. The fourth-order valence-electron chi connectivity index (χ4n) is 0. The van der Waals surface area contributed by atoms with Crippen LogP contribution in [0.15, 0.2) is 0 Å². The molecule has 0 heterocycles. The summed E-state index contributed by atoms with van der Waals surface area (Å²) in [5.41, 5.74) is 4.57. The van der Waals surface area contributed by atoms with Gasteiger partial charge in [-0.15, -0.1) is 0 Å². The van der Waals surface area contributed by atoms with Crippen LogP contribution in [0, 0.1) is 0 Å². The normalized spacial score (nSPS) is 6.17. The van der Waals surface area contributed by atoms with Crippen molar-refractivity contribution in [3.05, 3.63) is 0 Å². The summed E-state index contributed by atoms with van der Waals surface area (Å²) in [6.07, 6.45) is 0. The lowest BCUT2D eigenvalue weighted by Gasteiger charge is -1.73. The Bertz CT molecular complexity index is 46.8. The number of carboxylic acids is 1. The van der Waals surface area contributed by atoms with Gasteiger partial charge in [0.25, 0.3) is 0 Å². The topological polar surface area (TPSA) is 63.3 Å². The molecule has 0 spiro atoms. The Kier molecular flexibility index (Phi) is 6.81. The van der Waals surface area contributed by atoms with Crippen LogP contribution in [-0.2, 0) is 4.79 Å². The van der Waals surface area contributed by atoms with Crippen molar-refractivity contribution >= 4 is 14.4 Å². The fraction of sp³-hybridized carbons (Fsp3) is 0.500. The van der Waals surface area contributed by atoms with Gasteiger partial charge in [0.05, 0.1) is 6.54 Å². The molecule has 0 fully saturated rings. The van der Waals surface area contributed by atoms with Crippen LogP contribution in [0.2, 0.25) is 0 Å². The zero-order valence-electron chi connectivity index (χ0n) is 3.22. The summed E-state index contributed by atoms with van der Waals surface area (Å²) < 4.78 is 0. The van der Waals surface area contributed by atoms with Crippen molar-refractivity contribution in [2.45, 2.75) is 0 Å². The van der Waals surface area contributed by atoms with Crippen molar-refractivity contribution in [3.63, 3.8) is 0 Å². The first-order valence-electron chi connectivity index (χ1n) is 1.19. The lowest BCUT2D eigenvalue weighted by molar-refractivity contribution is -0.135. The van der Waals surface area contributed by atoms with E-state index in [0.29, 0.717) is 0 Å². The minimum absolute atomic E-state index is 0.